The molecule has 1 aliphatic heterocycles. The third kappa shape index (κ3) is 3.02. The summed E-state index contributed by atoms with van der Waals surface area (Å²) in [4.78, 5) is 12.3. The molecule has 0 aromatic heterocycles. The minimum Gasteiger partial charge on any atom is -0.393 e. The highest BCUT2D eigenvalue weighted by Crippen LogP contribution is 2.20. The van der Waals surface area contributed by atoms with Gasteiger partial charge in [0.2, 0.25) is 5.91 Å². The highest BCUT2D eigenvalue weighted by molar-refractivity contribution is 5.82. The van der Waals surface area contributed by atoms with Crippen molar-refractivity contribution in [3.05, 3.63) is 35.4 Å². The van der Waals surface area contributed by atoms with E-state index in [2.05, 4.69) is 22.8 Å². The van der Waals surface area contributed by atoms with Gasteiger partial charge in [0.05, 0.1) is 12.1 Å². The highest BCUT2D eigenvalue weighted by atomic mass is 16.3. The summed E-state index contributed by atoms with van der Waals surface area (Å²) in [7, 11) is 0. The predicted molar refractivity (Wildman–Crippen MR) is 77.2 cm³/mol. The van der Waals surface area contributed by atoms with E-state index in [1.165, 1.54) is 11.1 Å². The van der Waals surface area contributed by atoms with Crippen molar-refractivity contribution in [1.29, 1.82) is 0 Å². The molecule has 1 amide bonds. The van der Waals surface area contributed by atoms with E-state index in [4.69, 9.17) is 0 Å². The largest absolute Gasteiger partial charge is 0.393 e. The number of amides is 1. The summed E-state index contributed by atoms with van der Waals surface area (Å²) in [6.45, 7) is 0.762. The van der Waals surface area contributed by atoms with Crippen LogP contribution >= 0.6 is 0 Å². The van der Waals surface area contributed by atoms with Crippen molar-refractivity contribution in [2.75, 3.05) is 0 Å². The molecule has 20 heavy (non-hydrogen) atoms. The van der Waals surface area contributed by atoms with Crippen molar-refractivity contribution in [3.63, 3.8) is 0 Å². The van der Waals surface area contributed by atoms with Crippen LogP contribution in [-0.4, -0.2) is 29.2 Å². The SMILES string of the molecule is O=C(NC1CCC(O)CC1)[C@@H]1Cc2ccccc2CN1. The van der Waals surface area contributed by atoms with Gasteiger partial charge in [-0.05, 0) is 43.2 Å². The molecule has 1 fully saturated rings. The number of aliphatic hydroxyl groups is 1. The van der Waals surface area contributed by atoms with Crippen LogP contribution in [-0.2, 0) is 17.8 Å². The van der Waals surface area contributed by atoms with Crippen LogP contribution in [0.3, 0.4) is 0 Å². The lowest BCUT2D eigenvalue weighted by molar-refractivity contribution is -0.124. The summed E-state index contributed by atoms with van der Waals surface area (Å²) in [5.41, 5.74) is 2.56. The van der Waals surface area contributed by atoms with E-state index >= 15 is 0 Å². The number of nitrogens with one attached hydrogen (secondary N) is 2. The Morgan fingerprint density at radius 1 is 1.15 bits per heavy atom. The first-order valence-electron chi connectivity index (χ1n) is 7.51. The van der Waals surface area contributed by atoms with Gasteiger partial charge >= 0.3 is 0 Å². The molecule has 4 heteroatoms. The Morgan fingerprint density at radius 3 is 2.60 bits per heavy atom. The maximum atomic E-state index is 12.3. The summed E-state index contributed by atoms with van der Waals surface area (Å²) in [5, 5.41) is 15.9. The molecule has 1 aromatic carbocycles. The van der Waals surface area contributed by atoms with E-state index in [-0.39, 0.29) is 24.1 Å². The molecule has 3 N–H and O–H groups in total. The molecule has 0 radical (unpaired) electrons. The zero-order chi connectivity index (χ0) is 13.9. The average molecular weight is 274 g/mol. The van der Waals surface area contributed by atoms with Gasteiger partial charge in [-0.15, -0.1) is 0 Å². The number of fused-ring (bicyclic) bond motifs is 1. The molecule has 0 saturated heterocycles. The normalized spacial score (nSPS) is 29.6. The summed E-state index contributed by atoms with van der Waals surface area (Å²) >= 11 is 0. The summed E-state index contributed by atoms with van der Waals surface area (Å²) < 4.78 is 0. The molecule has 0 unspecified atom stereocenters. The van der Waals surface area contributed by atoms with E-state index in [0.717, 1.165) is 38.6 Å². The summed E-state index contributed by atoms with van der Waals surface area (Å²) in [6, 6.07) is 8.38. The van der Waals surface area contributed by atoms with Crippen LogP contribution in [0.5, 0.6) is 0 Å². The highest BCUT2D eigenvalue weighted by Gasteiger charge is 2.27. The lowest BCUT2D eigenvalue weighted by Crippen LogP contribution is -2.51. The smallest absolute Gasteiger partial charge is 0.237 e. The van der Waals surface area contributed by atoms with Gasteiger partial charge in [0.1, 0.15) is 0 Å². The van der Waals surface area contributed by atoms with Crippen LogP contribution in [0.4, 0.5) is 0 Å². The molecule has 1 atom stereocenters. The second-order valence-electron chi connectivity index (χ2n) is 5.92. The van der Waals surface area contributed by atoms with Crippen molar-refractivity contribution >= 4 is 5.91 Å². The lowest BCUT2D eigenvalue weighted by Gasteiger charge is -2.30. The Balaban J connectivity index is 1.56. The summed E-state index contributed by atoms with van der Waals surface area (Å²) in [6.07, 6.45) is 3.95. The van der Waals surface area contributed by atoms with Crippen molar-refractivity contribution < 1.29 is 9.90 Å². The fourth-order valence-corrected chi connectivity index (χ4v) is 3.16. The minimum absolute atomic E-state index is 0.0980. The number of rotatable bonds is 2. The van der Waals surface area contributed by atoms with Crippen molar-refractivity contribution in [1.82, 2.24) is 10.6 Å². The third-order valence-electron chi connectivity index (χ3n) is 4.44. The second kappa shape index (κ2) is 5.94. The van der Waals surface area contributed by atoms with Gasteiger partial charge in [-0.25, -0.2) is 0 Å². The first-order chi connectivity index (χ1) is 9.72. The van der Waals surface area contributed by atoms with Crippen LogP contribution in [0.15, 0.2) is 24.3 Å². The fraction of sp³-hybridized carbons (Fsp3) is 0.562. The Kier molecular flexibility index (Phi) is 4.03. The van der Waals surface area contributed by atoms with E-state index in [9.17, 15) is 9.90 Å². The van der Waals surface area contributed by atoms with Crippen LogP contribution in [0.2, 0.25) is 0 Å². The monoisotopic (exact) mass is 274 g/mol. The van der Waals surface area contributed by atoms with E-state index in [1.54, 1.807) is 0 Å². The van der Waals surface area contributed by atoms with E-state index in [0.29, 0.717) is 0 Å². The molecule has 4 nitrogen and oxygen atoms in total. The van der Waals surface area contributed by atoms with Gasteiger partial charge in [0, 0.05) is 12.6 Å². The summed E-state index contributed by atoms with van der Waals surface area (Å²) in [5.74, 6) is 0.0980. The number of hydrogen-bond acceptors (Lipinski definition) is 3. The number of benzene rings is 1. The van der Waals surface area contributed by atoms with Crippen LogP contribution < -0.4 is 10.6 Å². The van der Waals surface area contributed by atoms with Gasteiger partial charge in [-0.1, -0.05) is 24.3 Å². The Morgan fingerprint density at radius 2 is 1.85 bits per heavy atom. The predicted octanol–water partition coefficient (Wildman–Crippen LogP) is 1.12. The third-order valence-corrected chi connectivity index (χ3v) is 4.44. The standard InChI is InChI=1S/C16H22N2O2/c19-14-7-5-13(6-8-14)18-16(20)15-9-11-3-1-2-4-12(11)10-17-15/h1-4,13-15,17,19H,5-10H2,(H,18,20)/t13?,14?,15-/m0/s1. The molecule has 0 spiro atoms. The molecular formula is C16H22N2O2. The molecule has 1 heterocycles. The maximum absolute atomic E-state index is 12.3. The zero-order valence-electron chi connectivity index (χ0n) is 11.6. The van der Waals surface area contributed by atoms with Crippen molar-refractivity contribution in [2.45, 2.75) is 56.8 Å². The molecule has 3 rings (SSSR count). The van der Waals surface area contributed by atoms with E-state index in [1.807, 2.05) is 12.1 Å². The number of hydrogen-bond donors (Lipinski definition) is 3. The Hall–Kier alpha value is -1.39. The molecule has 2 aliphatic rings. The molecule has 1 aliphatic carbocycles. The van der Waals surface area contributed by atoms with Gasteiger partial charge < -0.3 is 15.7 Å². The molecule has 0 bridgehead atoms. The maximum Gasteiger partial charge on any atom is 0.237 e. The van der Waals surface area contributed by atoms with Gasteiger partial charge in [0.15, 0.2) is 0 Å². The molecule has 108 valence electrons. The average Bonchev–Trinajstić information content (AvgIpc) is 2.49. The van der Waals surface area contributed by atoms with Crippen LogP contribution in [0.1, 0.15) is 36.8 Å². The van der Waals surface area contributed by atoms with Crippen molar-refractivity contribution in [2.24, 2.45) is 0 Å². The fourth-order valence-electron chi connectivity index (χ4n) is 3.16. The van der Waals surface area contributed by atoms with Gasteiger partial charge in [-0.3, -0.25) is 4.79 Å². The van der Waals surface area contributed by atoms with Gasteiger partial charge in [0.25, 0.3) is 0 Å². The number of carbonyl (C=O) groups is 1. The quantitative estimate of drug-likeness (QED) is 0.757. The molecular weight excluding hydrogens is 252 g/mol. The minimum atomic E-state index is -0.178. The zero-order valence-corrected chi connectivity index (χ0v) is 11.6. The number of aliphatic hydroxyl groups excluding tert-OH is 1. The van der Waals surface area contributed by atoms with E-state index < -0.39 is 0 Å². The second-order valence-corrected chi connectivity index (χ2v) is 5.92. The van der Waals surface area contributed by atoms with Gasteiger partial charge in [-0.2, -0.15) is 0 Å². The topological polar surface area (TPSA) is 61.4 Å². The molecule has 1 saturated carbocycles. The van der Waals surface area contributed by atoms with Crippen molar-refractivity contribution in [3.8, 4) is 0 Å². The van der Waals surface area contributed by atoms with Crippen LogP contribution in [0, 0.1) is 0 Å². The lowest BCUT2D eigenvalue weighted by atomic mass is 9.92. The Bertz CT molecular complexity index is 481. The van der Waals surface area contributed by atoms with Crippen LogP contribution in [0.25, 0.3) is 0 Å². The number of carbonyl (C=O) groups excluding carboxylic acids is 1. The molecule has 1 aromatic rings. The first-order valence-corrected chi connectivity index (χ1v) is 7.51. The first kappa shape index (κ1) is 13.6. The Labute approximate surface area is 119 Å².